The number of aryl methyl sites for hydroxylation is 1. The standard InChI is InChI=1S/C19H26N4OS/c1-16-3-4-17(25-16)12-22-8-2-5-19(13-22)14-23(9-10-24-15-19)18-11-20-6-7-21-18/h3-4,6-7,11H,2,5,8-10,12-15H2,1H3/t19-/m0/s1. The van der Waals surface area contributed by atoms with Crippen LogP contribution in [0.3, 0.4) is 0 Å². The van der Waals surface area contributed by atoms with Crippen molar-refractivity contribution < 1.29 is 4.74 Å². The molecule has 0 radical (unpaired) electrons. The molecule has 0 N–H and O–H groups in total. The summed E-state index contributed by atoms with van der Waals surface area (Å²) in [5.74, 6) is 0.971. The molecule has 2 aliphatic rings. The van der Waals surface area contributed by atoms with E-state index < -0.39 is 0 Å². The molecule has 0 aliphatic carbocycles. The summed E-state index contributed by atoms with van der Waals surface area (Å²) in [7, 11) is 0. The second-order valence-corrected chi connectivity index (χ2v) is 8.74. The molecule has 4 heterocycles. The normalized spacial score (nSPS) is 25.2. The molecule has 0 saturated carbocycles. The van der Waals surface area contributed by atoms with Crippen molar-refractivity contribution >= 4 is 17.2 Å². The quantitative estimate of drug-likeness (QED) is 0.844. The molecule has 0 aromatic carbocycles. The summed E-state index contributed by atoms with van der Waals surface area (Å²) in [6.07, 6.45) is 7.85. The number of rotatable bonds is 3. The van der Waals surface area contributed by atoms with E-state index in [2.05, 4.69) is 38.8 Å². The molecule has 2 saturated heterocycles. The van der Waals surface area contributed by atoms with Crippen LogP contribution >= 0.6 is 11.3 Å². The van der Waals surface area contributed by atoms with Gasteiger partial charge in [-0.15, -0.1) is 11.3 Å². The first-order valence-electron chi connectivity index (χ1n) is 9.09. The zero-order valence-electron chi connectivity index (χ0n) is 14.9. The zero-order chi connectivity index (χ0) is 17.1. The van der Waals surface area contributed by atoms with E-state index in [4.69, 9.17) is 4.74 Å². The van der Waals surface area contributed by atoms with E-state index in [0.717, 1.165) is 45.2 Å². The Kier molecular flexibility index (Phi) is 5.01. The van der Waals surface area contributed by atoms with E-state index in [1.54, 1.807) is 12.4 Å². The van der Waals surface area contributed by atoms with Gasteiger partial charge < -0.3 is 9.64 Å². The fourth-order valence-corrected chi connectivity index (χ4v) is 5.06. The lowest BCUT2D eigenvalue weighted by atomic mass is 9.80. The van der Waals surface area contributed by atoms with Crippen LogP contribution < -0.4 is 4.90 Å². The third-order valence-electron chi connectivity index (χ3n) is 5.23. The topological polar surface area (TPSA) is 41.5 Å². The predicted octanol–water partition coefficient (Wildman–Crippen LogP) is 2.97. The average Bonchev–Trinajstić information content (AvgIpc) is 2.92. The molecule has 1 spiro atoms. The van der Waals surface area contributed by atoms with Crippen LogP contribution in [0.5, 0.6) is 0 Å². The number of nitrogens with zero attached hydrogens (tertiary/aromatic N) is 4. The van der Waals surface area contributed by atoms with Gasteiger partial charge in [-0.2, -0.15) is 0 Å². The fraction of sp³-hybridized carbons (Fsp3) is 0.579. The SMILES string of the molecule is Cc1ccc(CN2CCC[C@]3(COCCN(c4cnccn4)C3)C2)s1. The van der Waals surface area contributed by atoms with Crippen LogP contribution in [0.25, 0.3) is 0 Å². The fourth-order valence-electron chi connectivity index (χ4n) is 4.13. The van der Waals surface area contributed by atoms with Crippen LogP contribution in [0.15, 0.2) is 30.7 Å². The van der Waals surface area contributed by atoms with E-state index in [-0.39, 0.29) is 5.41 Å². The molecule has 2 fully saturated rings. The summed E-state index contributed by atoms with van der Waals surface area (Å²) in [4.78, 5) is 16.6. The molecule has 0 bridgehead atoms. The van der Waals surface area contributed by atoms with Crippen LogP contribution in [-0.2, 0) is 11.3 Å². The van der Waals surface area contributed by atoms with E-state index in [0.29, 0.717) is 0 Å². The maximum Gasteiger partial charge on any atom is 0.147 e. The molecule has 6 heteroatoms. The van der Waals surface area contributed by atoms with Gasteiger partial charge in [-0.1, -0.05) is 0 Å². The summed E-state index contributed by atoms with van der Waals surface area (Å²) in [5, 5.41) is 0. The number of anilines is 1. The highest BCUT2D eigenvalue weighted by atomic mass is 32.1. The maximum absolute atomic E-state index is 6.03. The van der Waals surface area contributed by atoms with E-state index >= 15 is 0 Å². The Hall–Kier alpha value is -1.50. The van der Waals surface area contributed by atoms with E-state index in [1.807, 2.05) is 17.5 Å². The van der Waals surface area contributed by atoms with Gasteiger partial charge >= 0.3 is 0 Å². The highest BCUT2D eigenvalue weighted by molar-refractivity contribution is 7.11. The average molecular weight is 359 g/mol. The molecule has 0 amide bonds. The maximum atomic E-state index is 6.03. The first-order chi connectivity index (χ1) is 12.2. The minimum atomic E-state index is 0.193. The van der Waals surface area contributed by atoms with Crippen molar-refractivity contribution in [2.24, 2.45) is 5.41 Å². The Morgan fingerprint density at radius 1 is 1.24 bits per heavy atom. The molecule has 1 atom stereocenters. The van der Waals surface area contributed by atoms with Gasteiger partial charge in [-0.25, -0.2) is 4.98 Å². The molecule has 5 nitrogen and oxygen atoms in total. The summed E-state index contributed by atoms with van der Waals surface area (Å²) < 4.78 is 6.03. The summed E-state index contributed by atoms with van der Waals surface area (Å²) in [5.41, 5.74) is 0.193. The number of piperidine rings is 1. The van der Waals surface area contributed by atoms with Gasteiger partial charge in [0.1, 0.15) is 5.82 Å². The number of thiophene rings is 1. The van der Waals surface area contributed by atoms with Crippen molar-refractivity contribution in [3.05, 3.63) is 40.5 Å². The molecule has 2 aromatic heterocycles. The van der Waals surface area contributed by atoms with Crippen molar-refractivity contribution in [1.29, 1.82) is 0 Å². The molecule has 2 aliphatic heterocycles. The van der Waals surface area contributed by atoms with Gasteiger partial charge in [0.2, 0.25) is 0 Å². The largest absolute Gasteiger partial charge is 0.379 e. The molecular weight excluding hydrogens is 332 g/mol. The minimum absolute atomic E-state index is 0.193. The Labute approximate surface area is 153 Å². The van der Waals surface area contributed by atoms with Crippen LogP contribution in [0.2, 0.25) is 0 Å². The molecular formula is C19H26N4OS. The van der Waals surface area contributed by atoms with Crippen LogP contribution in [0, 0.1) is 12.3 Å². The van der Waals surface area contributed by atoms with Gasteiger partial charge in [0, 0.05) is 53.7 Å². The Balaban J connectivity index is 1.48. The summed E-state index contributed by atoms with van der Waals surface area (Å²) in [6.45, 7) is 9.04. The third kappa shape index (κ3) is 4.02. The number of hydrogen-bond donors (Lipinski definition) is 0. The van der Waals surface area contributed by atoms with Crippen molar-refractivity contribution in [1.82, 2.24) is 14.9 Å². The zero-order valence-corrected chi connectivity index (χ0v) is 15.7. The van der Waals surface area contributed by atoms with Crippen LogP contribution in [0.4, 0.5) is 5.82 Å². The van der Waals surface area contributed by atoms with Gasteiger partial charge in [-0.3, -0.25) is 9.88 Å². The lowest BCUT2D eigenvalue weighted by Gasteiger charge is -2.43. The molecule has 4 rings (SSSR count). The number of hydrogen-bond acceptors (Lipinski definition) is 6. The Bertz CT molecular complexity index is 692. The monoisotopic (exact) mass is 358 g/mol. The van der Waals surface area contributed by atoms with Gasteiger partial charge in [-0.05, 0) is 38.4 Å². The van der Waals surface area contributed by atoms with Crippen LogP contribution in [0.1, 0.15) is 22.6 Å². The number of aromatic nitrogens is 2. The van der Waals surface area contributed by atoms with Crippen molar-refractivity contribution in [2.45, 2.75) is 26.3 Å². The number of ether oxygens (including phenoxy) is 1. The Morgan fingerprint density at radius 3 is 3.00 bits per heavy atom. The van der Waals surface area contributed by atoms with Gasteiger partial charge in [0.25, 0.3) is 0 Å². The minimum Gasteiger partial charge on any atom is -0.379 e. The van der Waals surface area contributed by atoms with Crippen molar-refractivity contribution in [3.8, 4) is 0 Å². The smallest absolute Gasteiger partial charge is 0.147 e. The first kappa shape index (κ1) is 16.9. The lowest BCUT2D eigenvalue weighted by molar-refractivity contribution is 0.0109. The third-order valence-corrected chi connectivity index (χ3v) is 6.21. The summed E-state index contributed by atoms with van der Waals surface area (Å²) >= 11 is 1.92. The van der Waals surface area contributed by atoms with Crippen molar-refractivity contribution in [3.63, 3.8) is 0 Å². The second kappa shape index (κ2) is 7.40. The van der Waals surface area contributed by atoms with Crippen LogP contribution in [-0.4, -0.2) is 54.3 Å². The first-order valence-corrected chi connectivity index (χ1v) is 9.91. The highest BCUT2D eigenvalue weighted by Gasteiger charge is 2.39. The summed E-state index contributed by atoms with van der Waals surface area (Å²) in [6, 6.07) is 4.50. The second-order valence-electron chi connectivity index (χ2n) is 7.36. The molecule has 0 unspecified atom stereocenters. The highest BCUT2D eigenvalue weighted by Crippen LogP contribution is 2.35. The molecule has 2 aromatic rings. The molecule has 25 heavy (non-hydrogen) atoms. The molecule has 134 valence electrons. The van der Waals surface area contributed by atoms with E-state index in [1.165, 1.54) is 29.1 Å². The van der Waals surface area contributed by atoms with Gasteiger partial charge in [0.05, 0.1) is 19.4 Å². The predicted molar refractivity (Wildman–Crippen MR) is 101 cm³/mol. The lowest BCUT2D eigenvalue weighted by Crippen LogP contribution is -2.50. The number of likely N-dealkylation sites (tertiary alicyclic amines) is 1. The van der Waals surface area contributed by atoms with Crippen molar-refractivity contribution in [2.75, 3.05) is 44.3 Å². The Morgan fingerprint density at radius 2 is 2.20 bits per heavy atom. The van der Waals surface area contributed by atoms with E-state index in [9.17, 15) is 0 Å². The van der Waals surface area contributed by atoms with Gasteiger partial charge in [0.15, 0.2) is 0 Å².